The topological polar surface area (TPSA) is 160 Å². The maximum absolute atomic E-state index is 14.3. The van der Waals surface area contributed by atoms with Crippen molar-refractivity contribution in [1.29, 1.82) is 0 Å². The number of halogens is 9. The van der Waals surface area contributed by atoms with Crippen LogP contribution in [-0.2, 0) is 35.2 Å². The van der Waals surface area contributed by atoms with E-state index in [1.807, 2.05) is 6.07 Å². The van der Waals surface area contributed by atoms with Crippen molar-refractivity contribution in [1.82, 2.24) is 35.1 Å². The van der Waals surface area contributed by atoms with E-state index in [-0.39, 0.29) is 78.3 Å². The largest absolute Gasteiger partial charge is 0.490 e. The number of carbonyl (C=O) groups is 1. The van der Waals surface area contributed by atoms with Gasteiger partial charge in [-0.25, -0.2) is 28.5 Å². The van der Waals surface area contributed by atoms with Gasteiger partial charge in [-0.1, -0.05) is 41.9 Å². The molecule has 0 saturated carbocycles. The molecular weight excluding hydrogens is 846 g/mol. The minimum absolute atomic E-state index is 0.0252. The summed E-state index contributed by atoms with van der Waals surface area (Å²) < 4.78 is 119. The molecule has 2 aliphatic rings. The van der Waals surface area contributed by atoms with Gasteiger partial charge in [0.05, 0.1) is 36.0 Å². The number of hydrogen-bond donors (Lipinski definition) is 4. The van der Waals surface area contributed by atoms with Crippen molar-refractivity contribution < 1.29 is 54.5 Å². The highest BCUT2D eigenvalue weighted by atomic mass is 35.5. The summed E-state index contributed by atoms with van der Waals surface area (Å²) in [5.74, 6) is -3.78. The Balaban J connectivity index is 1.14. The van der Waals surface area contributed by atoms with Crippen LogP contribution >= 0.6 is 11.6 Å². The molecular formula is C39H36ClF8N9O4. The summed E-state index contributed by atoms with van der Waals surface area (Å²) in [5, 5.41) is 18.0. The zero-order chi connectivity index (χ0) is 43.6. The first-order chi connectivity index (χ1) is 29.0. The van der Waals surface area contributed by atoms with Gasteiger partial charge in [-0.2, -0.15) is 31.3 Å². The van der Waals surface area contributed by atoms with Gasteiger partial charge < -0.3 is 30.5 Å². The number of carbonyl (C=O) groups excluding carboxylic acids is 1. The van der Waals surface area contributed by atoms with Gasteiger partial charge in [0.25, 0.3) is 6.43 Å². The van der Waals surface area contributed by atoms with E-state index in [4.69, 9.17) is 21.4 Å². The van der Waals surface area contributed by atoms with Crippen LogP contribution in [0.4, 0.5) is 52.4 Å². The molecule has 0 radical (unpaired) electrons. The number of ether oxygens (including phenoxy) is 2. The average molecular weight is 882 g/mol. The number of esters is 1. The lowest BCUT2D eigenvalue weighted by molar-refractivity contribution is -0.204. The monoisotopic (exact) mass is 881 g/mol. The second-order valence-electron chi connectivity index (χ2n) is 14.2. The molecule has 0 spiro atoms. The van der Waals surface area contributed by atoms with E-state index >= 15 is 0 Å². The molecule has 0 amide bonds. The molecule has 1 fully saturated rings. The number of methoxy groups -OCH3 is 1. The van der Waals surface area contributed by atoms with E-state index in [0.29, 0.717) is 41.6 Å². The first kappa shape index (κ1) is 43.6. The van der Waals surface area contributed by atoms with Crippen LogP contribution < -0.4 is 20.7 Å². The number of hydrogen-bond acceptors (Lipinski definition) is 13. The molecule has 5 aromatic rings. The molecule has 1 aliphatic heterocycles. The third-order valence-electron chi connectivity index (χ3n) is 10.0. The van der Waals surface area contributed by atoms with Crippen LogP contribution in [0.2, 0.25) is 5.02 Å². The Hall–Kier alpha value is -5.51. The predicted octanol–water partition coefficient (Wildman–Crippen LogP) is 7.70. The number of benzene rings is 2. The third-order valence-corrected chi connectivity index (χ3v) is 10.5. The smallest absolute Gasteiger partial charge is 0.480 e. The molecule has 4 heterocycles. The molecule has 1 aliphatic carbocycles. The lowest BCUT2D eigenvalue weighted by Crippen LogP contribution is -2.31. The first-order valence-corrected chi connectivity index (χ1v) is 19.1. The molecule has 61 heavy (non-hydrogen) atoms. The summed E-state index contributed by atoms with van der Waals surface area (Å²) in [7, 11) is 1.27. The minimum atomic E-state index is -5.12. The summed E-state index contributed by atoms with van der Waals surface area (Å²) in [5.41, 5.74) is 2.38. The lowest BCUT2D eigenvalue weighted by Gasteiger charge is -2.21. The van der Waals surface area contributed by atoms with Crippen molar-refractivity contribution in [2.75, 3.05) is 44.0 Å². The van der Waals surface area contributed by atoms with Gasteiger partial charge in [-0.3, -0.25) is 9.88 Å². The minimum Gasteiger partial charge on any atom is -0.480 e. The Labute approximate surface area is 346 Å². The fourth-order valence-electron chi connectivity index (χ4n) is 7.37. The molecule has 1 saturated heterocycles. The average Bonchev–Trinajstić information content (AvgIpc) is 3.84. The van der Waals surface area contributed by atoms with Crippen LogP contribution in [0, 0.1) is 0 Å². The Kier molecular flexibility index (Phi) is 12.7. The Morgan fingerprint density at radius 1 is 1.02 bits per heavy atom. The Bertz CT molecular complexity index is 2420. The fourth-order valence-corrected chi connectivity index (χ4v) is 7.64. The molecule has 324 valence electrons. The highest BCUT2D eigenvalue weighted by Crippen LogP contribution is 2.45. The standard InChI is InChI=1S/C39H36ClF8N9O4/c1-60-36-28(16-49-11-13-58)51-31(38(43,44)45)34(56-36)52-25-9-8-22-21(4-2-5-23(22)25)24-6-3-7-26(29(24)40)53-33-30-27(54-35(55-33)32(41)42)14-19(15-50-30)17-57-12-10-20(18-57)61-37(59)39(46,47)48/h2-7,14-15,20,25,32,49,58H,8-13,16-18H2,1H3,(H,52,56)(H,53,54,55)/t20-,25+/m1/s1. The summed E-state index contributed by atoms with van der Waals surface area (Å²) in [6, 6.07) is 11.3. The summed E-state index contributed by atoms with van der Waals surface area (Å²) in [4.78, 5) is 33.5. The van der Waals surface area contributed by atoms with Gasteiger partial charge in [-0.15, -0.1) is 0 Å². The Morgan fingerprint density at radius 2 is 1.79 bits per heavy atom. The predicted molar refractivity (Wildman–Crippen MR) is 205 cm³/mol. The molecule has 0 bridgehead atoms. The van der Waals surface area contributed by atoms with E-state index in [2.05, 4.69) is 45.6 Å². The van der Waals surface area contributed by atoms with Crippen LogP contribution in [-0.4, -0.2) is 86.5 Å². The quantitative estimate of drug-likeness (QED) is 0.0489. The zero-order valence-electron chi connectivity index (χ0n) is 32.0. The molecule has 2 atom stereocenters. The normalized spacial score (nSPS) is 16.9. The number of anilines is 3. The Morgan fingerprint density at radius 3 is 2.51 bits per heavy atom. The van der Waals surface area contributed by atoms with Crippen molar-refractivity contribution in [2.45, 2.75) is 63.3 Å². The van der Waals surface area contributed by atoms with Crippen molar-refractivity contribution in [3.63, 3.8) is 0 Å². The van der Waals surface area contributed by atoms with Crippen LogP contribution in [0.25, 0.3) is 22.2 Å². The van der Waals surface area contributed by atoms with Crippen molar-refractivity contribution in [3.05, 3.63) is 87.6 Å². The molecule has 13 nitrogen and oxygen atoms in total. The number of nitrogens with one attached hydrogen (secondary N) is 3. The number of aliphatic hydroxyl groups excluding tert-OH is 1. The van der Waals surface area contributed by atoms with Gasteiger partial charge in [-0.05, 0) is 53.6 Å². The second kappa shape index (κ2) is 17.8. The number of fused-ring (bicyclic) bond motifs is 2. The summed E-state index contributed by atoms with van der Waals surface area (Å²) >= 11 is 7.00. The molecule has 22 heteroatoms. The van der Waals surface area contributed by atoms with Crippen LogP contribution in [0.15, 0.2) is 48.7 Å². The highest BCUT2D eigenvalue weighted by molar-refractivity contribution is 6.36. The zero-order valence-corrected chi connectivity index (χ0v) is 32.7. The van der Waals surface area contributed by atoms with Crippen molar-refractivity contribution in [2.24, 2.45) is 0 Å². The lowest BCUT2D eigenvalue weighted by atomic mass is 9.96. The van der Waals surface area contributed by atoms with Gasteiger partial charge in [0.15, 0.2) is 23.2 Å². The van der Waals surface area contributed by atoms with Gasteiger partial charge in [0.2, 0.25) is 5.88 Å². The van der Waals surface area contributed by atoms with E-state index in [1.54, 1.807) is 35.2 Å². The number of pyridine rings is 1. The third kappa shape index (κ3) is 9.69. The van der Waals surface area contributed by atoms with Crippen LogP contribution in [0.5, 0.6) is 5.88 Å². The first-order valence-electron chi connectivity index (χ1n) is 18.8. The van der Waals surface area contributed by atoms with Gasteiger partial charge >= 0.3 is 18.3 Å². The highest BCUT2D eigenvalue weighted by Gasteiger charge is 2.43. The fraction of sp³-hybridized carbons (Fsp3) is 0.385. The van der Waals surface area contributed by atoms with Crippen molar-refractivity contribution in [3.8, 4) is 17.0 Å². The maximum atomic E-state index is 14.3. The maximum Gasteiger partial charge on any atom is 0.490 e. The molecule has 4 N–H and O–H groups in total. The SMILES string of the molecule is COc1nc(N[C@H]2CCc3c(-c4cccc(Nc5nc(C(F)F)nc6cc(CN7CC[C@@H](OC(=O)C(F)(F)F)C7)cnc56)c4Cl)cccc32)c(C(F)(F)F)nc1CNCCO. The summed E-state index contributed by atoms with van der Waals surface area (Å²) in [6.07, 6.45) is -11.6. The van der Waals surface area contributed by atoms with E-state index in [0.717, 1.165) is 5.56 Å². The second-order valence-corrected chi connectivity index (χ2v) is 14.5. The van der Waals surface area contributed by atoms with Gasteiger partial charge in [0.1, 0.15) is 17.3 Å². The van der Waals surface area contributed by atoms with Crippen LogP contribution in [0.1, 0.15) is 59.2 Å². The molecule has 3 aromatic heterocycles. The number of aromatic nitrogens is 5. The van der Waals surface area contributed by atoms with E-state index in [9.17, 15) is 39.9 Å². The molecule has 7 rings (SSSR count). The van der Waals surface area contributed by atoms with Gasteiger partial charge in [0, 0.05) is 44.5 Å². The van der Waals surface area contributed by atoms with E-state index in [1.165, 1.54) is 19.4 Å². The van der Waals surface area contributed by atoms with Crippen LogP contribution in [0.3, 0.4) is 0 Å². The number of aliphatic hydroxyl groups is 1. The molecule has 2 aromatic carbocycles. The summed E-state index contributed by atoms with van der Waals surface area (Å²) in [6.45, 7) is 0.270. The number of nitrogens with zero attached hydrogens (tertiary/aromatic N) is 6. The van der Waals surface area contributed by atoms with Crippen molar-refractivity contribution >= 4 is 45.9 Å². The number of rotatable bonds is 14. The number of likely N-dealkylation sites (tertiary alicyclic amines) is 1. The van der Waals surface area contributed by atoms with E-state index < -0.39 is 54.2 Å². The molecule has 0 unspecified atom stereocenters. The number of alkyl halides is 8.